The van der Waals surface area contributed by atoms with Crippen LogP contribution in [0.4, 0.5) is 10.1 Å². The second-order valence-electron chi connectivity index (χ2n) is 6.65. The lowest BCUT2D eigenvalue weighted by atomic mass is 10.1. The molecule has 0 saturated carbocycles. The van der Waals surface area contributed by atoms with Gasteiger partial charge in [-0.25, -0.2) is 12.8 Å². The van der Waals surface area contributed by atoms with Crippen molar-refractivity contribution in [3.05, 3.63) is 98.5 Å². The third kappa shape index (κ3) is 4.73. The van der Waals surface area contributed by atoms with E-state index >= 15 is 0 Å². The molecule has 0 saturated heterocycles. The van der Waals surface area contributed by atoms with Crippen molar-refractivity contribution in [2.45, 2.75) is 6.54 Å². The summed E-state index contributed by atoms with van der Waals surface area (Å²) in [5.41, 5.74) is 1.04. The zero-order valence-electron chi connectivity index (χ0n) is 16.1. The number of nitrogens with zero attached hydrogens (tertiary/aromatic N) is 1. The number of anilines is 1. The minimum atomic E-state index is -4.05. The van der Waals surface area contributed by atoms with Crippen LogP contribution >= 0.6 is 35.3 Å². The molecule has 0 bridgehead atoms. The predicted octanol–water partition coefficient (Wildman–Crippen LogP) is 4.53. The largest absolute Gasteiger partial charge is 0.348 e. The van der Waals surface area contributed by atoms with E-state index in [0.29, 0.717) is 11.3 Å². The van der Waals surface area contributed by atoms with E-state index < -0.39 is 21.7 Å². The first kappa shape index (κ1) is 22.5. The molecule has 2 aromatic carbocycles. The predicted molar refractivity (Wildman–Crippen MR) is 124 cm³/mol. The molecule has 32 heavy (non-hydrogen) atoms. The van der Waals surface area contributed by atoms with E-state index in [1.54, 1.807) is 22.8 Å². The summed E-state index contributed by atoms with van der Waals surface area (Å²) in [6.07, 6.45) is 6.34. The second kappa shape index (κ2) is 9.07. The minimum absolute atomic E-state index is 0.0152. The zero-order chi connectivity index (χ0) is 22.9. The van der Waals surface area contributed by atoms with Gasteiger partial charge in [0.15, 0.2) is 0 Å². The first-order valence-electron chi connectivity index (χ1n) is 9.10. The molecule has 12 heteroatoms. The molecular formula is C20H15Cl2FN4O3S2. The number of allylic oxidation sites excluding steroid dienone is 2. The first-order chi connectivity index (χ1) is 15.2. The van der Waals surface area contributed by atoms with Gasteiger partial charge in [-0.1, -0.05) is 29.3 Å². The molecule has 3 N–H and O–H groups in total. The number of rotatable bonds is 6. The maximum absolute atomic E-state index is 13.2. The van der Waals surface area contributed by atoms with Gasteiger partial charge in [0.05, 0.1) is 29.1 Å². The van der Waals surface area contributed by atoms with Gasteiger partial charge in [0.1, 0.15) is 10.7 Å². The van der Waals surface area contributed by atoms with Crippen molar-refractivity contribution < 1.29 is 17.6 Å². The quantitative estimate of drug-likeness (QED) is 0.492. The average Bonchev–Trinajstić information content (AvgIpc) is 3.21. The molecule has 0 atom stereocenters. The van der Waals surface area contributed by atoms with E-state index in [4.69, 9.17) is 23.2 Å². The number of benzene rings is 2. The lowest BCUT2D eigenvalue weighted by molar-refractivity contribution is 0.0952. The first-order valence-corrected chi connectivity index (χ1v) is 12.1. The molecule has 0 aliphatic carbocycles. The number of hydrogen-bond acceptors (Lipinski definition) is 6. The Morgan fingerprint density at radius 1 is 1.19 bits per heavy atom. The van der Waals surface area contributed by atoms with Crippen LogP contribution in [0.25, 0.3) is 0 Å². The normalized spacial score (nSPS) is 14.9. The number of hydrogen-bond donors (Lipinski definition) is 3. The van der Waals surface area contributed by atoms with E-state index in [9.17, 15) is 17.6 Å². The number of fused-ring (bicyclic) bond motifs is 1. The highest BCUT2D eigenvalue weighted by molar-refractivity contribution is 7.97. The fraction of sp³-hybridized carbons (Fsp3) is 0.0500. The Morgan fingerprint density at radius 3 is 2.78 bits per heavy atom. The second-order valence-corrected chi connectivity index (χ2v) is 9.96. The number of sulfonamides is 1. The lowest BCUT2D eigenvalue weighted by Crippen LogP contribution is -2.26. The van der Waals surface area contributed by atoms with E-state index in [2.05, 4.69) is 14.8 Å². The summed E-state index contributed by atoms with van der Waals surface area (Å²) in [5, 5.41) is 3.07. The van der Waals surface area contributed by atoms with Crippen molar-refractivity contribution in [2.24, 2.45) is 0 Å². The maximum Gasteiger partial charge on any atom is 0.264 e. The summed E-state index contributed by atoms with van der Waals surface area (Å²) < 4.78 is 46.4. The van der Waals surface area contributed by atoms with Crippen molar-refractivity contribution in [1.29, 1.82) is 0 Å². The van der Waals surface area contributed by atoms with Crippen LogP contribution < -0.4 is 14.8 Å². The molecule has 0 fully saturated rings. The lowest BCUT2D eigenvalue weighted by Gasteiger charge is -2.21. The van der Waals surface area contributed by atoms with Gasteiger partial charge in [0.2, 0.25) is 0 Å². The SMILES string of the molecule is O=C(NCc1ccc(F)cc1Cl)c1ccc(Cl)cc1NS(=O)(=O)C1=CC=CN2SNC=C12. The van der Waals surface area contributed by atoms with Gasteiger partial charge in [0.25, 0.3) is 15.9 Å². The van der Waals surface area contributed by atoms with Gasteiger partial charge >= 0.3 is 0 Å². The summed E-state index contributed by atoms with van der Waals surface area (Å²) in [4.78, 5) is 12.8. The van der Waals surface area contributed by atoms with Crippen LogP contribution in [0.15, 0.2) is 71.6 Å². The molecule has 0 spiro atoms. The fourth-order valence-electron chi connectivity index (χ4n) is 3.00. The third-order valence-electron chi connectivity index (χ3n) is 4.52. The van der Waals surface area contributed by atoms with Crippen LogP contribution in [0.2, 0.25) is 10.0 Å². The molecule has 0 unspecified atom stereocenters. The number of carbonyl (C=O) groups is 1. The maximum atomic E-state index is 13.2. The number of amides is 1. The number of halogens is 3. The van der Waals surface area contributed by atoms with Crippen LogP contribution in [0.1, 0.15) is 15.9 Å². The van der Waals surface area contributed by atoms with Crippen LogP contribution in [0.5, 0.6) is 0 Å². The average molecular weight is 513 g/mol. The van der Waals surface area contributed by atoms with Crippen molar-refractivity contribution in [1.82, 2.24) is 14.3 Å². The van der Waals surface area contributed by atoms with Gasteiger partial charge < -0.3 is 10.0 Å². The van der Waals surface area contributed by atoms with Gasteiger partial charge in [-0.3, -0.25) is 13.8 Å². The minimum Gasteiger partial charge on any atom is -0.348 e. The van der Waals surface area contributed by atoms with Crippen molar-refractivity contribution in [3.8, 4) is 0 Å². The molecule has 1 amide bonds. The highest BCUT2D eigenvalue weighted by atomic mass is 35.5. The van der Waals surface area contributed by atoms with Crippen LogP contribution in [0.3, 0.4) is 0 Å². The van der Waals surface area contributed by atoms with Crippen LogP contribution in [0, 0.1) is 5.82 Å². The van der Waals surface area contributed by atoms with Gasteiger partial charge in [-0.15, -0.1) is 0 Å². The Balaban J connectivity index is 1.57. The zero-order valence-corrected chi connectivity index (χ0v) is 19.2. The monoisotopic (exact) mass is 512 g/mol. The summed E-state index contributed by atoms with van der Waals surface area (Å²) in [6.45, 7) is 0.0213. The summed E-state index contributed by atoms with van der Waals surface area (Å²) >= 11 is 13.3. The Labute approximate surface area is 198 Å². The fourth-order valence-corrected chi connectivity index (χ4v) is 5.38. The van der Waals surface area contributed by atoms with Crippen molar-refractivity contribution in [3.63, 3.8) is 0 Å². The highest BCUT2D eigenvalue weighted by Crippen LogP contribution is 2.34. The molecule has 2 aromatic rings. The molecule has 0 aromatic heterocycles. The van der Waals surface area contributed by atoms with Gasteiger partial charge in [-0.2, -0.15) is 0 Å². The molecule has 2 aliphatic rings. The number of nitrogens with one attached hydrogen (secondary N) is 3. The van der Waals surface area contributed by atoms with Crippen molar-refractivity contribution in [2.75, 3.05) is 4.72 Å². The topological polar surface area (TPSA) is 90.5 Å². The summed E-state index contributed by atoms with van der Waals surface area (Å²) in [5.74, 6) is -1.05. The molecule has 0 radical (unpaired) electrons. The van der Waals surface area contributed by atoms with Crippen molar-refractivity contribution >= 4 is 57.0 Å². The Morgan fingerprint density at radius 2 is 2.00 bits per heavy atom. The van der Waals surface area contributed by atoms with E-state index in [1.165, 1.54) is 48.5 Å². The van der Waals surface area contributed by atoms with Gasteiger partial charge in [0, 0.05) is 29.0 Å². The molecule has 2 aliphatic heterocycles. The molecule has 166 valence electrons. The van der Waals surface area contributed by atoms with Crippen LogP contribution in [-0.2, 0) is 16.6 Å². The standard InChI is InChI=1S/C20H15Cl2FN4O3S2/c21-13-4-6-15(20(28)24-10-12-3-5-14(23)9-16(12)22)17(8-13)26-32(29,30)19-2-1-7-27-18(19)11-25-31-27/h1-9,11,25-26H,10H2,(H,24,28). The molecular weight excluding hydrogens is 498 g/mol. The molecule has 7 nitrogen and oxygen atoms in total. The third-order valence-corrected chi connectivity index (χ3v) is 7.26. The van der Waals surface area contributed by atoms with Crippen LogP contribution in [-0.4, -0.2) is 18.6 Å². The van der Waals surface area contributed by atoms with Gasteiger partial charge in [-0.05, 0) is 48.0 Å². The Hall–Kier alpha value is -2.66. The Bertz CT molecular complexity index is 1300. The Kier molecular flexibility index (Phi) is 6.38. The summed E-state index contributed by atoms with van der Waals surface area (Å²) in [7, 11) is -4.05. The van der Waals surface area contributed by atoms with E-state index in [1.807, 2.05) is 0 Å². The highest BCUT2D eigenvalue weighted by Gasteiger charge is 2.30. The van der Waals surface area contributed by atoms with E-state index in [-0.39, 0.29) is 32.7 Å². The smallest absolute Gasteiger partial charge is 0.264 e. The molecule has 2 heterocycles. The number of carbonyl (C=O) groups excluding carboxylic acids is 1. The summed E-state index contributed by atoms with van der Waals surface area (Å²) in [6, 6.07) is 8.08. The molecule has 4 rings (SSSR count). The van der Waals surface area contributed by atoms with E-state index in [0.717, 1.165) is 6.07 Å².